The molecule has 7 aromatic carbocycles. The third-order valence-electron chi connectivity index (χ3n) is 10.6. The highest BCUT2D eigenvalue weighted by molar-refractivity contribution is 6.13. The quantitative estimate of drug-likeness (QED) is 0.182. The minimum absolute atomic E-state index is 0.822. The molecule has 4 nitrogen and oxygen atoms in total. The van der Waals surface area contributed by atoms with E-state index >= 15 is 0 Å². The molecule has 0 N–H and O–H groups in total. The van der Waals surface area contributed by atoms with Crippen molar-refractivity contribution in [3.63, 3.8) is 0 Å². The molecule has 53 heavy (non-hydrogen) atoms. The third-order valence-corrected chi connectivity index (χ3v) is 10.6. The number of hydrogen-bond acceptors (Lipinski definition) is 2. The van der Waals surface area contributed by atoms with Crippen LogP contribution >= 0.6 is 0 Å². The number of nitrogens with zero attached hydrogens (tertiary/aromatic N) is 3. The van der Waals surface area contributed by atoms with Crippen molar-refractivity contribution in [2.75, 3.05) is 0 Å². The van der Waals surface area contributed by atoms with E-state index in [9.17, 15) is 0 Å². The van der Waals surface area contributed by atoms with Crippen LogP contribution in [0.1, 0.15) is 0 Å². The summed E-state index contributed by atoms with van der Waals surface area (Å²) in [6.45, 7) is 0. The Bertz CT molecular complexity index is 3130. The van der Waals surface area contributed by atoms with Crippen molar-refractivity contribution < 1.29 is 4.42 Å². The highest BCUT2D eigenvalue weighted by atomic mass is 16.4. The number of furan rings is 1. The topological polar surface area (TPSA) is 35.9 Å². The molecule has 0 saturated carbocycles. The number of rotatable bonds is 5. The fourth-order valence-electron chi connectivity index (χ4n) is 8.17. The van der Waals surface area contributed by atoms with Crippen molar-refractivity contribution in [1.82, 2.24) is 14.1 Å². The normalized spacial score (nSPS) is 11.8. The molecule has 4 heteroatoms. The summed E-state index contributed by atoms with van der Waals surface area (Å²) < 4.78 is 11.1. The predicted octanol–water partition coefficient (Wildman–Crippen LogP) is 13.0. The number of fused-ring (bicyclic) bond motifs is 7. The Balaban J connectivity index is 1.10. The second kappa shape index (κ2) is 11.7. The van der Waals surface area contributed by atoms with Crippen LogP contribution in [-0.4, -0.2) is 14.1 Å². The molecule has 4 heterocycles. The van der Waals surface area contributed by atoms with E-state index in [1.54, 1.807) is 0 Å². The molecule has 11 aromatic rings. The van der Waals surface area contributed by atoms with Crippen LogP contribution in [0.3, 0.4) is 0 Å². The van der Waals surface area contributed by atoms with Gasteiger partial charge in [0.05, 0.1) is 27.8 Å². The van der Waals surface area contributed by atoms with Crippen molar-refractivity contribution in [2.24, 2.45) is 0 Å². The maximum Gasteiger partial charge on any atom is 0.205 e. The Morgan fingerprint density at radius 2 is 0.981 bits per heavy atom. The van der Waals surface area contributed by atoms with Crippen LogP contribution in [0.5, 0.6) is 0 Å². The molecule has 0 saturated heterocycles. The maximum absolute atomic E-state index is 6.39. The molecule has 0 atom stereocenters. The van der Waals surface area contributed by atoms with Crippen LogP contribution in [0, 0.1) is 0 Å². The van der Waals surface area contributed by atoms with Gasteiger partial charge in [-0.15, -0.1) is 0 Å². The van der Waals surface area contributed by atoms with E-state index in [1.165, 1.54) is 54.8 Å². The number of para-hydroxylation sites is 3. The van der Waals surface area contributed by atoms with Crippen LogP contribution in [0.25, 0.3) is 99.5 Å². The van der Waals surface area contributed by atoms with Gasteiger partial charge in [0.1, 0.15) is 5.58 Å². The van der Waals surface area contributed by atoms with E-state index < -0.39 is 0 Å². The molecule has 0 fully saturated rings. The number of pyridine rings is 1. The Morgan fingerprint density at radius 3 is 1.70 bits per heavy atom. The summed E-state index contributed by atoms with van der Waals surface area (Å²) in [7, 11) is 0. The molecule has 0 amide bonds. The Hall–Kier alpha value is -7.17. The molecule has 0 radical (unpaired) electrons. The van der Waals surface area contributed by atoms with E-state index in [4.69, 9.17) is 4.42 Å². The summed E-state index contributed by atoms with van der Waals surface area (Å²) in [5, 5.41) is 5.94. The lowest BCUT2D eigenvalue weighted by atomic mass is 9.97. The number of benzene rings is 7. The lowest BCUT2D eigenvalue weighted by molar-refractivity contribution is 0.590. The first-order chi connectivity index (χ1) is 26.3. The van der Waals surface area contributed by atoms with Crippen molar-refractivity contribution >= 4 is 54.6 Å². The van der Waals surface area contributed by atoms with Gasteiger partial charge in [-0.2, -0.15) is 0 Å². The average Bonchev–Trinajstić information content (AvgIpc) is 3.91. The zero-order chi connectivity index (χ0) is 34.9. The molecule has 248 valence electrons. The lowest BCUT2D eigenvalue weighted by Gasteiger charge is -2.16. The summed E-state index contributed by atoms with van der Waals surface area (Å²) in [5.74, 6) is 0.822. The molecule has 0 spiro atoms. The first-order valence-electron chi connectivity index (χ1n) is 17.9. The Kier molecular flexibility index (Phi) is 6.52. The van der Waals surface area contributed by atoms with Gasteiger partial charge in [-0.3, -0.25) is 9.55 Å². The molecule has 0 aliphatic carbocycles. The van der Waals surface area contributed by atoms with E-state index in [0.717, 1.165) is 44.7 Å². The summed E-state index contributed by atoms with van der Waals surface area (Å²) in [5.41, 5.74) is 13.6. The molecule has 0 aliphatic heterocycles. The van der Waals surface area contributed by atoms with Crippen LogP contribution in [0.2, 0.25) is 0 Å². The molecular weight excluding hydrogens is 647 g/mol. The second-order valence-corrected chi connectivity index (χ2v) is 13.6. The van der Waals surface area contributed by atoms with Gasteiger partial charge in [0.25, 0.3) is 0 Å². The number of aromatic nitrogens is 3. The Morgan fingerprint density at radius 1 is 0.396 bits per heavy atom. The highest BCUT2D eigenvalue weighted by Crippen LogP contribution is 2.41. The van der Waals surface area contributed by atoms with Gasteiger partial charge in [-0.1, -0.05) is 109 Å². The van der Waals surface area contributed by atoms with Crippen molar-refractivity contribution in [3.05, 3.63) is 188 Å². The fourth-order valence-corrected chi connectivity index (χ4v) is 8.17. The van der Waals surface area contributed by atoms with Crippen molar-refractivity contribution in [1.29, 1.82) is 0 Å². The third kappa shape index (κ3) is 4.66. The van der Waals surface area contributed by atoms with Crippen molar-refractivity contribution in [3.8, 4) is 45.0 Å². The van der Waals surface area contributed by atoms with E-state index in [1.807, 2.05) is 30.6 Å². The molecule has 0 unspecified atom stereocenters. The van der Waals surface area contributed by atoms with Crippen molar-refractivity contribution in [2.45, 2.75) is 0 Å². The van der Waals surface area contributed by atoms with Gasteiger partial charge in [0.2, 0.25) is 5.88 Å². The minimum Gasteiger partial charge on any atom is -0.440 e. The van der Waals surface area contributed by atoms with E-state index in [0.29, 0.717) is 0 Å². The molecular formula is C49H31N3O. The SMILES string of the molecule is c1ccc(-c2cc(-c3cccnc3)ccc2-n2c3ccccc3c3cc(-c4ccc5c(c4)c4ccccc4n5-c4cc5ccccc5o4)ccc32)cc1. The van der Waals surface area contributed by atoms with Gasteiger partial charge in [-0.25, -0.2) is 0 Å². The summed E-state index contributed by atoms with van der Waals surface area (Å²) in [6.07, 6.45) is 3.75. The summed E-state index contributed by atoms with van der Waals surface area (Å²) >= 11 is 0. The zero-order valence-corrected chi connectivity index (χ0v) is 28.6. The average molecular weight is 678 g/mol. The van der Waals surface area contributed by atoms with Gasteiger partial charge >= 0.3 is 0 Å². The van der Waals surface area contributed by atoms with Crippen LogP contribution < -0.4 is 0 Å². The summed E-state index contributed by atoms with van der Waals surface area (Å²) in [4.78, 5) is 4.39. The predicted molar refractivity (Wildman–Crippen MR) is 219 cm³/mol. The zero-order valence-electron chi connectivity index (χ0n) is 28.6. The Labute approximate surface area is 305 Å². The second-order valence-electron chi connectivity index (χ2n) is 13.6. The fraction of sp³-hybridized carbons (Fsp3) is 0. The van der Waals surface area contributed by atoms with Gasteiger partial charge in [-0.05, 0) is 82.9 Å². The number of hydrogen-bond donors (Lipinski definition) is 0. The molecule has 11 rings (SSSR count). The molecule has 4 aromatic heterocycles. The van der Waals surface area contributed by atoms with Crippen LogP contribution in [-0.2, 0) is 0 Å². The van der Waals surface area contributed by atoms with Gasteiger partial charge in [0, 0.05) is 56.5 Å². The minimum atomic E-state index is 0.822. The van der Waals surface area contributed by atoms with E-state index in [2.05, 4.69) is 172 Å². The molecule has 0 bridgehead atoms. The highest BCUT2D eigenvalue weighted by Gasteiger charge is 2.19. The summed E-state index contributed by atoms with van der Waals surface area (Å²) in [6, 6.07) is 63.0. The monoisotopic (exact) mass is 677 g/mol. The lowest BCUT2D eigenvalue weighted by Crippen LogP contribution is -1.98. The van der Waals surface area contributed by atoms with Gasteiger partial charge in [0.15, 0.2) is 0 Å². The first kappa shape index (κ1) is 29.5. The maximum atomic E-state index is 6.39. The van der Waals surface area contributed by atoms with E-state index in [-0.39, 0.29) is 0 Å². The largest absolute Gasteiger partial charge is 0.440 e. The molecule has 0 aliphatic rings. The van der Waals surface area contributed by atoms with Gasteiger partial charge < -0.3 is 8.98 Å². The standard InChI is InChI=1S/C49H31N3O/c1-2-11-32(12-3-1)40-27-35(37-14-10-26-50-31-37)22-23-45(40)51-43-17-7-5-15-38(43)41-28-33(20-24-46(41)51)34-21-25-47-42(29-34)39-16-6-8-18-44(39)52(47)49-30-36-13-4-9-19-48(36)53-49/h1-31H. The van der Waals surface area contributed by atoms with Crippen LogP contribution in [0.15, 0.2) is 193 Å². The van der Waals surface area contributed by atoms with Crippen LogP contribution in [0.4, 0.5) is 0 Å². The first-order valence-corrected chi connectivity index (χ1v) is 17.9. The smallest absolute Gasteiger partial charge is 0.205 e.